The number of nitrogens with zero attached hydrogens (tertiary/aromatic N) is 1. The van der Waals surface area contributed by atoms with E-state index in [9.17, 15) is 0 Å². The SMILES string of the molecule is CNCCCC(C)N(C)C1CC1. The van der Waals surface area contributed by atoms with Gasteiger partial charge >= 0.3 is 0 Å². The summed E-state index contributed by atoms with van der Waals surface area (Å²) >= 11 is 0. The van der Waals surface area contributed by atoms with Crippen molar-refractivity contribution in [3.05, 3.63) is 0 Å². The molecule has 1 unspecified atom stereocenters. The third-order valence-corrected chi connectivity index (χ3v) is 2.87. The van der Waals surface area contributed by atoms with E-state index >= 15 is 0 Å². The molecule has 0 aromatic heterocycles. The minimum absolute atomic E-state index is 0.769. The molecule has 1 saturated carbocycles. The highest BCUT2D eigenvalue weighted by Crippen LogP contribution is 2.27. The molecule has 1 aliphatic rings. The minimum atomic E-state index is 0.769. The van der Waals surface area contributed by atoms with E-state index < -0.39 is 0 Å². The Hall–Kier alpha value is -0.0800. The van der Waals surface area contributed by atoms with Crippen LogP contribution >= 0.6 is 0 Å². The lowest BCUT2D eigenvalue weighted by Crippen LogP contribution is -2.31. The maximum absolute atomic E-state index is 3.19. The van der Waals surface area contributed by atoms with E-state index in [4.69, 9.17) is 0 Å². The van der Waals surface area contributed by atoms with Gasteiger partial charge in [0, 0.05) is 12.1 Å². The second kappa shape index (κ2) is 4.83. The van der Waals surface area contributed by atoms with Gasteiger partial charge in [-0.05, 0) is 53.2 Å². The van der Waals surface area contributed by atoms with Crippen molar-refractivity contribution in [2.24, 2.45) is 0 Å². The Balaban J connectivity index is 2.04. The molecule has 1 N–H and O–H groups in total. The van der Waals surface area contributed by atoms with E-state index in [-0.39, 0.29) is 0 Å². The summed E-state index contributed by atoms with van der Waals surface area (Å²) in [5.74, 6) is 0. The molecule has 0 aromatic rings. The lowest BCUT2D eigenvalue weighted by Gasteiger charge is -2.24. The molecule has 1 atom stereocenters. The summed E-state index contributed by atoms with van der Waals surface area (Å²) < 4.78 is 0. The fourth-order valence-electron chi connectivity index (χ4n) is 1.62. The molecule has 72 valence electrons. The molecule has 0 bridgehead atoms. The quantitative estimate of drug-likeness (QED) is 0.607. The van der Waals surface area contributed by atoms with Crippen LogP contribution in [0, 0.1) is 0 Å². The summed E-state index contributed by atoms with van der Waals surface area (Å²) in [6, 6.07) is 1.68. The van der Waals surface area contributed by atoms with Crippen molar-refractivity contribution in [1.82, 2.24) is 10.2 Å². The zero-order valence-electron chi connectivity index (χ0n) is 8.64. The van der Waals surface area contributed by atoms with Gasteiger partial charge in [0.2, 0.25) is 0 Å². The third-order valence-electron chi connectivity index (χ3n) is 2.87. The van der Waals surface area contributed by atoms with E-state index in [0.717, 1.165) is 18.6 Å². The van der Waals surface area contributed by atoms with Crippen LogP contribution in [0.2, 0.25) is 0 Å². The van der Waals surface area contributed by atoms with Crippen LogP contribution in [0.3, 0.4) is 0 Å². The standard InChI is InChI=1S/C10H22N2/c1-9(5-4-8-11-2)12(3)10-6-7-10/h9-11H,4-8H2,1-3H3. The average Bonchev–Trinajstić information content (AvgIpc) is 2.86. The molecule has 1 fully saturated rings. The Morgan fingerprint density at radius 1 is 1.50 bits per heavy atom. The second-order valence-corrected chi connectivity index (χ2v) is 3.99. The van der Waals surface area contributed by atoms with Gasteiger partial charge in [-0.2, -0.15) is 0 Å². The van der Waals surface area contributed by atoms with Crippen LogP contribution in [0.15, 0.2) is 0 Å². The topological polar surface area (TPSA) is 15.3 Å². The fourth-order valence-corrected chi connectivity index (χ4v) is 1.62. The van der Waals surface area contributed by atoms with Crippen molar-refractivity contribution in [3.8, 4) is 0 Å². The van der Waals surface area contributed by atoms with E-state index in [1.165, 1.54) is 25.7 Å². The highest BCUT2D eigenvalue weighted by atomic mass is 15.2. The number of hydrogen-bond acceptors (Lipinski definition) is 2. The van der Waals surface area contributed by atoms with Gasteiger partial charge in [-0.15, -0.1) is 0 Å². The lowest BCUT2D eigenvalue weighted by molar-refractivity contribution is 0.233. The summed E-state index contributed by atoms with van der Waals surface area (Å²) in [5.41, 5.74) is 0. The second-order valence-electron chi connectivity index (χ2n) is 3.99. The normalized spacial score (nSPS) is 20.0. The van der Waals surface area contributed by atoms with Gasteiger partial charge in [0.25, 0.3) is 0 Å². The van der Waals surface area contributed by atoms with Crippen LogP contribution in [0.4, 0.5) is 0 Å². The maximum Gasteiger partial charge on any atom is 0.00961 e. The first kappa shape index (κ1) is 10.0. The molecule has 0 aliphatic heterocycles. The molecule has 0 heterocycles. The van der Waals surface area contributed by atoms with Gasteiger partial charge in [-0.1, -0.05) is 0 Å². The van der Waals surface area contributed by atoms with Crippen molar-refractivity contribution in [1.29, 1.82) is 0 Å². The number of rotatable bonds is 6. The smallest absolute Gasteiger partial charge is 0.00961 e. The lowest BCUT2D eigenvalue weighted by atomic mass is 10.1. The molecule has 1 rings (SSSR count). The fraction of sp³-hybridized carbons (Fsp3) is 1.00. The highest BCUT2D eigenvalue weighted by molar-refractivity contribution is 4.85. The Kier molecular flexibility index (Phi) is 4.02. The van der Waals surface area contributed by atoms with Crippen LogP contribution in [-0.4, -0.2) is 37.6 Å². The summed E-state index contributed by atoms with van der Waals surface area (Å²) in [6.07, 6.45) is 5.47. The van der Waals surface area contributed by atoms with Gasteiger partial charge in [-0.25, -0.2) is 0 Å². The summed E-state index contributed by atoms with van der Waals surface area (Å²) in [6.45, 7) is 3.50. The predicted octanol–water partition coefficient (Wildman–Crippen LogP) is 1.47. The molecule has 2 nitrogen and oxygen atoms in total. The van der Waals surface area contributed by atoms with E-state index in [2.05, 4.69) is 24.2 Å². The minimum Gasteiger partial charge on any atom is -0.320 e. The Bertz CT molecular complexity index is 121. The Morgan fingerprint density at radius 3 is 2.67 bits per heavy atom. The third kappa shape index (κ3) is 3.11. The van der Waals surface area contributed by atoms with Crippen LogP contribution in [0.5, 0.6) is 0 Å². The zero-order valence-corrected chi connectivity index (χ0v) is 8.64. The molecular formula is C10H22N2. The van der Waals surface area contributed by atoms with Gasteiger partial charge < -0.3 is 10.2 Å². The molecule has 1 aliphatic carbocycles. The maximum atomic E-state index is 3.19. The first-order valence-corrected chi connectivity index (χ1v) is 5.12. The van der Waals surface area contributed by atoms with Crippen molar-refractivity contribution in [2.45, 2.75) is 44.7 Å². The summed E-state index contributed by atoms with van der Waals surface area (Å²) in [4.78, 5) is 2.54. The van der Waals surface area contributed by atoms with E-state index in [0.29, 0.717) is 0 Å². The predicted molar refractivity (Wildman–Crippen MR) is 53.4 cm³/mol. The van der Waals surface area contributed by atoms with Crippen molar-refractivity contribution in [2.75, 3.05) is 20.6 Å². The molecule has 0 radical (unpaired) electrons. The Labute approximate surface area is 76.3 Å². The number of hydrogen-bond donors (Lipinski definition) is 1. The van der Waals surface area contributed by atoms with Crippen molar-refractivity contribution in [3.63, 3.8) is 0 Å². The van der Waals surface area contributed by atoms with E-state index in [1.54, 1.807) is 0 Å². The monoisotopic (exact) mass is 170 g/mol. The highest BCUT2D eigenvalue weighted by Gasteiger charge is 2.28. The molecule has 0 aromatic carbocycles. The van der Waals surface area contributed by atoms with Crippen LogP contribution < -0.4 is 5.32 Å². The molecular weight excluding hydrogens is 148 g/mol. The van der Waals surface area contributed by atoms with Crippen molar-refractivity contribution < 1.29 is 0 Å². The summed E-state index contributed by atoms with van der Waals surface area (Å²) in [7, 11) is 4.29. The molecule has 0 spiro atoms. The van der Waals surface area contributed by atoms with Crippen LogP contribution in [0.25, 0.3) is 0 Å². The summed E-state index contributed by atoms with van der Waals surface area (Å²) in [5, 5.41) is 3.19. The van der Waals surface area contributed by atoms with Gasteiger partial charge in [0.1, 0.15) is 0 Å². The first-order chi connectivity index (χ1) is 5.75. The zero-order chi connectivity index (χ0) is 8.97. The average molecular weight is 170 g/mol. The van der Waals surface area contributed by atoms with Crippen LogP contribution in [-0.2, 0) is 0 Å². The molecule has 0 amide bonds. The Morgan fingerprint density at radius 2 is 2.17 bits per heavy atom. The molecule has 12 heavy (non-hydrogen) atoms. The van der Waals surface area contributed by atoms with Gasteiger partial charge in [0.05, 0.1) is 0 Å². The van der Waals surface area contributed by atoms with Crippen LogP contribution in [0.1, 0.15) is 32.6 Å². The number of nitrogens with one attached hydrogen (secondary N) is 1. The molecule has 0 saturated heterocycles. The van der Waals surface area contributed by atoms with Gasteiger partial charge in [0.15, 0.2) is 0 Å². The molecule has 2 heteroatoms. The van der Waals surface area contributed by atoms with E-state index in [1.807, 2.05) is 7.05 Å². The first-order valence-electron chi connectivity index (χ1n) is 5.12. The van der Waals surface area contributed by atoms with Crippen molar-refractivity contribution >= 4 is 0 Å². The van der Waals surface area contributed by atoms with Gasteiger partial charge in [-0.3, -0.25) is 0 Å². The largest absolute Gasteiger partial charge is 0.320 e.